The molecule has 2 rings (SSSR count). The third-order valence-corrected chi connectivity index (χ3v) is 3.17. The molecule has 104 valence electrons. The monoisotopic (exact) mass is 273 g/mol. The minimum Gasteiger partial charge on any atom is -0.459 e. The van der Waals surface area contributed by atoms with E-state index in [2.05, 4.69) is 0 Å². The molecule has 0 atom stereocenters. The highest BCUT2D eigenvalue weighted by molar-refractivity contribution is 5.95. The number of nitrogen functional groups attached to an aromatic ring is 1. The lowest BCUT2D eigenvalue weighted by atomic mass is 10.1. The number of alkyl halides is 3. The van der Waals surface area contributed by atoms with Gasteiger partial charge < -0.3 is 10.5 Å². The molecule has 0 saturated heterocycles. The summed E-state index contributed by atoms with van der Waals surface area (Å²) in [4.78, 5) is 11.8. The number of esters is 1. The Morgan fingerprint density at radius 1 is 1.26 bits per heavy atom. The predicted molar refractivity (Wildman–Crippen MR) is 63.5 cm³/mol. The molecule has 0 bridgehead atoms. The smallest absolute Gasteiger partial charge is 0.416 e. The molecule has 1 aliphatic carbocycles. The largest absolute Gasteiger partial charge is 0.459 e. The number of hydrogen-bond donors (Lipinski definition) is 1. The first kappa shape index (κ1) is 13.7. The van der Waals surface area contributed by atoms with Crippen LogP contribution in [0.3, 0.4) is 0 Å². The summed E-state index contributed by atoms with van der Waals surface area (Å²) in [6.45, 7) is 0. The van der Waals surface area contributed by atoms with Crippen LogP contribution in [0.5, 0.6) is 0 Å². The first-order chi connectivity index (χ1) is 8.88. The van der Waals surface area contributed by atoms with Gasteiger partial charge in [-0.25, -0.2) is 4.79 Å². The topological polar surface area (TPSA) is 52.3 Å². The van der Waals surface area contributed by atoms with E-state index in [0.29, 0.717) is 0 Å². The van der Waals surface area contributed by atoms with Crippen LogP contribution in [0.25, 0.3) is 0 Å². The summed E-state index contributed by atoms with van der Waals surface area (Å²) < 4.78 is 42.6. The number of benzene rings is 1. The Balaban J connectivity index is 2.14. The average molecular weight is 273 g/mol. The van der Waals surface area contributed by atoms with E-state index in [0.717, 1.165) is 43.9 Å². The molecule has 1 aromatic carbocycles. The molecule has 0 spiro atoms. The van der Waals surface area contributed by atoms with Gasteiger partial charge in [0.15, 0.2) is 0 Å². The summed E-state index contributed by atoms with van der Waals surface area (Å²) in [6, 6.07) is 2.66. The van der Waals surface area contributed by atoms with Gasteiger partial charge >= 0.3 is 12.1 Å². The second kappa shape index (κ2) is 5.11. The van der Waals surface area contributed by atoms with E-state index < -0.39 is 17.7 Å². The van der Waals surface area contributed by atoms with E-state index >= 15 is 0 Å². The van der Waals surface area contributed by atoms with Crippen LogP contribution in [0.4, 0.5) is 18.9 Å². The van der Waals surface area contributed by atoms with Gasteiger partial charge in [0.05, 0.1) is 11.1 Å². The lowest BCUT2D eigenvalue weighted by Crippen LogP contribution is -2.16. The number of anilines is 1. The summed E-state index contributed by atoms with van der Waals surface area (Å²) >= 11 is 0. The van der Waals surface area contributed by atoms with E-state index in [1.165, 1.54) is 0 Å². The molecule has 2 N–H and O–H groups in total. The van der Waals surface area contributed by atoms with Crippen LogP contribution in [0.2, 0.25) is 0 Å². The fraction of sp³-hybridized carbons (Fsp3) is 0.462. The van der Waals surface area contributed by atoms with Gasteiger partial charge in [-0.3, -0.25) is 0 Å². The lowest BCUT2D eigenvalue weighted by molar-refractivity contribution is -0.137. The number of hydrogen-bond acceptors (Lipinski definition) is 3. The maximum atomic E-state index is 12.5. The minimum absolute atomic E-state index is 0.0140. The van der Waals surface area contributed by atoms with Gasteiger partial charge in [-0.15, -0.1) is 0 Å². The molecule has 1 aliphatic rings. The van der Waals surface area contributed by atoms with Crippen molar-refractivity contribution < 1.29 is 22.7 Å². The standard InChI is InChI=1S/C13H14F3NO2/c14-13(15,16)8-5-6-10(11(17)7-8)12(18)19-9-3-1-2-4-9/h5-7,9H,1-4,17H2. The number of halogens is 3. The third kappa shape index (κ3) is 3.19. The van der Waals surface area contributed by atoms with Gasteiger partial charge in [0.1, 0.15) is 6.10 Å². The number of rotatable bonds is 2. The molecule has 1 aromatic rings. The summed E-state index contributed by atoms with van der Waals surface area (Å²) in [5, 5.41) is 0. The second-order valence-electron chi connectivity index (χ2n) is 4.61. The van der Waals surface area contributed by atoms with Crippen molar-refractivity contribution in [1.82, 2.24) is 0 Å². The van der Waals surface area contributed by atoms with E-state index in [-0.39, 0.29) is 17.4 Å². The molecule has 0 aliphatic heterocycles. The fourth-order valence-electron chi connectivity index (χ4n) is 2.15. The molecule has 0 heterocycles. The molecule has 0 unspecified atom stereocenters. The Hall–Kier alpha value is -1.72. The van der Waals surface area contributed by atoms with Crippen LogP contribution in [-0.4, -0.2) is 12.1 Å². The van der Waals surface area contributed by atoms with Gasteiger partial charge in [0, 0.05) is 5.69 Å². The van der Waals surface area contributed by atoms with Crippen molar-refractivity contribution in [3.05, 3.63) is 29.3 Å². The van der Waals surface area contributed by atoms with Gasteiger partial charge in [-0.2, -0.15) is 13.2 Å². The van der Waals surface area contributed by atoms with E-state index in [1.807, 2.05) is 0 Å². The Morgan fingerprint density at radius 2 is 1.89 bits per heavy atom. The van der Waals surface area contributed by atoms with E-state index in [1.54, 1.807) is 0 Å². The van der Waals surface area contributed by atoms with Crippen molar-refractivity contribution >= 4 is 11.7 Å². The fourth-order valence-corrected chi connectivity index (χ4v) is 2.15. The maximum absolute atomic E-state index is 12.5. The van der Waals surface area contributed by atoms with E-state index in [9.17, 15) is 18.0 Å². The SMILES string of the molecule is Nc1cc(C(F)(F)F)ccc1C(=O)OC1CCCC1. The number of carbonyl (C=O) groups excluding carboxylic acids is 1. The van der Waals surface area contributed by atoms with Crippen LogP contribution < -0.4 is 5.73 Å². The van der Waals surface area contributed by atoms with Crippen molar-refractivity contribution in [1.29, 1.82) is 0 Å². The molecule has 19 heavy (non-hydrogen) atoms. The highest BCUT2D eigenvalue weighted by Gasteiger charge is 2.31. The maximum Gasteiger partial charge on any atom is 0.416 e. The van der Waals surface area contributed by atoms with Crippen molar-refractivity contribution in [2.75, 3.05) is 5.73 Å². The quantitative estimate of drug-likeness (QED) is 0.663. The van der Waals surface area contributed by atoms with Crippen molar-refractivity contribution in [3.8, 4) is 0 Å². The Labute approximate surface area is 108 Å². The van der Waals surface area contributed by atoms with Crippen molar-refractivity contribution in [3.63, 3.8) is 0 Å². The predicted octanol–water partition coefficient (Wildman–Crippen LogP) is 3.39. The molecule has 0 amide bonds. The average Bonchev–Trinajstić information content (AvgIpc) is 2.80. The molecule has 0 radical (unpaired) electrons. The molecule has 1 fully saturated rings. The second-order valence-corrected chi connectivity index (χ2v) is 4.61. The summed E-state index contributed by atoms with van der Waals surface area (Å²) in [5.41, 5.74) is 4.40. The zero-order chi connectivity index (χ0) is 14.0. The van der Waals surface area contributed by atoms with Crippen LogP contribution in [-0.2, 0) is 10.9 Å². The summed E-state index contributed by atoms with van der Waals surface area (Å²) in [7, 11) is 0. The third-order valence-electron chi connectivity index (χ3n) is 3.17. The zero-order valence-electron chi connectivity index (χ0n) is 10.2. The van der Waals surface area contributed by atoms with Crippen LogP contribution in [0, 0.1) is 0 Å². The summed E-state index contributed by atoms with van der Waals surface area (Å²) in [5.74, 6) is -0.655. The number of nitrogens with two attached hydrogens (primary N) is 1. The van der Waals surface area contributed by atoms with Gasteiger partial charge in [0.2, 0.25) is 0 Å². The highest BCUT2D eigenvalue weighted by Crippen LogP contribution is 2.32. The van der Waals surface area contributed by atoms with Crippen LogP contribution in [0.15, 0.2) is 18.2 Å². The first-order valence-corrected chi connectivity index (χ1v) is 6.05. The molecular formula is C13H14F3NO2. The van der Waals surface area contributed by atoms with Crippen LogP contribution >= 0.6 is 0 Å². The highest BCUT2D eigenvalue weighted by atomic mass is 19.4. The molecule has 3 nitrogen and oxygen atoms in total. The van der Waals surface area contributed by atoms with Gasteiger partial charge in [0.25, 0.3) is 0 Å². The number of ether oxygens (including phenoxy) is 1. The lowest BCUT2D eigenvalue weighted by Gasteiger charge is -2.13. The Morgan fingerprint density at radius 3 is 2.42 bits per heavy atom. The molecule has 1 saturated carbocycles. The van der Waals surface area contributed by atoms with Crippen molar-refractivity contribution in [2.24, 2.45) is 0 Å². The Kier molecular flexibility index (Phi) is 3.68. The van der Waals surface area contributed by atoms with E-state index in [4.69, 9.17) is 10.5 Å². The molecular weight excluding hydrogens is 259 g/mol. The number of carbonyl (C=O) groups is 1. The summed E-state index contributed by atoms with van der Waals surface area (Å²) in [6.07, 6.45) is -1.02. The van der Waals surface area contributed by atoms with Crippen LogP contribution in [0.1, 0.15) is 41.6 Å². The first-order valence-electron chi connectivity index (χ1n) is 6.05. The van der Waals surface area contributed by atoms with Crippen molar-refractivity contribution in [2.45, 2.75) is 38.0 Å². The minimum atomic E-state index is -4.47. The van der Waals surface area contributed by atoms with Gasteiger partial charge in [-0.05, 0) is 43.9 Å². The normalized spacial score (nSPS) is 16.6. The molecule has 0 aromatic heterocycles. The Bertz CT molecular complexity index is 479. The zero-order valence-corrected chi connectivity index (χ0v) is 10.2. The molecule has 6 heteroatoms. The van der Waals surface area contributed by atoms with Gasteiger partial charge in [-0.1, -0.05) is 0 Å².